The number of carboxylic acid groups (broad SMARTS) is 1. The van der Waals surface area contributed by atoms with Crippen molar-refractivity contribution in [1.29, 1.82) is 0 Å². The van der Waals surface area contributed by atoms with E-state index in [4.69, 9.17) is 4.74 Å². The summed E-state index contributed by atoms with van der Waals surface area (Å²) in [5.74, 6) is -0.828. The summed E-state index contributed by atoms with van der Waals surface area (Å²) >= 11 is 0. The van der Waals surface area contributed by atoms with Gasteiger partial charge in [-0.15, -0.1) is 0 Å². The van der Waals surface area contributed by atoms with Gasteiger partial charge in [0.1, 0.15) is 5.60 Å². The SMILES string of the molecule is CCCCCCCC(CCC)(CNC(=O)OC(C)(C)C)C(=O)O. The van der Waals surface area contributed by atoms with Crippen molar-refractivity contribution >= 4 is 12.1 Å². The maximum absolute atomic E-state index is 11.8. The number of carbonyl (C=O) groups is 2. The molecule has 0 radical (unpaired) electrons. The number of carboxylic acids is 1. The second-order valence-electron chi connectivity index (χ2n) is 7.36. The molecule has 1 atom stereocenters. The van der Waals surface area contributed by atoms with Crippen LogP contribution in [-0.2, 0) is 9.53 Å². The Balaban J connectivity index is 4.65. The lowest BCUT2D eigenvalue weighted by Crippen LogP contribution is -2.44. The molecule has 1 unspecified atom stereocenters. The lowest BCUT2D eigenvalue weighted by Gasteiger charge is -2.30. The third-order valence-corrected chi connectivity index (χ3v) is 3.91. The van der Waals surface area contributed by atoms with Crippen LogP contribution in [0.2, 0.25) is 0 Å². The van der Waals surface area contributed by atoms with Crippen LogP contribution in [0.3, 0.4) is 0 Å². The number of aliphatic carboxylic acids is 1. The summed E-state index contributed by atoms with van der Waals surface area (Å²) in [6, 6.07) is 0. The van der Waals surface area contributed by atoms with Gasteiger partial charge in [0.05, 0.1) is 5.41 Å². The fourth-order valence-corrected chi connectivity index (χ4v) is 2.69. The molecule has 0 aromatic heterocycles. The summed E-state index contributed by atoms with van der Waals surface area (Å²) < 4.78 is 5.21. The molecule has 0 aliphatic rings. The maximum atomic E-state index is 11.8. The van der Waals surface area contributed by atoms with E-state index < -0.39 is 23.1 Å². The molecule has 0 aromatic carbocycles. The van der Waals surface area contributed by atoms with E-state index in [1.54, 1.807) is 20.8 Å². The lowest BCUT2D eigenvalue weighted by atomic mass is 9.78. The zero-order valence-corrected chi connectivity index (χ0v) is 15.5. The lowest BCUT2D eigenvalue weighted by molar-refractivity contribution is -0.149. The monoisotopic (exact) mass is 329 g/mol. The fraction of sp³-hybridized carbons (Fsp3) is 0.889. The first-order chi connectivity index (χ1) is 10.7. The molecule has 0 rings (SSSR count). The van der Waals surface area contributed by atoms with Gasteiger partial charge in [0.2, 0.25) is 0 Å². The molecule has 136 valence electrons. The molecule has 0 bridgehead atoms. The Morgan fingerprint density at radius 1 is 0.957 bits per heavy atom. The van der Waals surface area contributed by atoms with Crippen molar-refractivity contribution in [3.05, 3.63) is 0 Å². The fourth-order valence-electron chi connectivity index (χ4n) is 2.69. The van der Waals surface area contributed by atoms with Crippen LogP contribution < -0.4 is 5.32 Å². The van der Waals surface area contributed by atoms with Crippen LogP contribution in [0.15, 0.2) is 0 Å². The van der Waals surface area contributed by atoms with Gasteiger partial charge in [-0.05, 0) is 33.6 Å². The number of carbonyl (C=O) groups excluding carboxylic acids is 1. The highest BCUT2D eigenvalue weighted by Gasteiger charge is 2.37. The summed E-state index contributed by atoms with van der Waals surface area (Å²) in [6.45, 7) is 9.62. The number of ether oxygens (including phenoxy) is 1. The van der Waals surface area contributed by atoms with Crippen molar-refractivity contribution in [2.45, 2.75) is 91.6 Å². The molecular formula is C18H35NO4. The summed E-state index contributed by atoms with van der Waals surface area (Å²) in [7, 11) is 0. The van der Waals surface area contributed by atoms with Crippen molar-refractivity contribution in [3.63, 3.8) is 0 Å². The molecule has 0 fully saturated rings. The number of rotatable bonds is 11. The molecule has 0 saturated heterocycles. The molecule has 1 amide bonds. The Morgan fingerprint density at radius 2 is 1.57 bits per heavy atom. The van der Waals surface area contributed by atoms with E-state index in [1.165, 1.54) is 12.8 Å². The van der Waals surface area contributed by atoms with E-state index in [0.717, 1.165) is 25.7 Å². The first-order valence-electron chi connectivity index (χ1n) is 8.87. The predicted molar refractivity (Wildman–Crippen MR) is 92.6 cm³/mol. The molecule has 2 N–H and O–H groups in total. The Morgan fingerprint density at radius 3 is 2.04 bits per heavy atom. The number of alkyl carbamates (subject to hydrolysis) is 1. The first kappa shape index (κ1) is 21.7. The molecule has 0 saturated carbocycles. The van der Waals surface area contributed by atoms with E-state index in [-0.39, 0.29) is 6.54 Å². The van der Waals surface area contributed by atoms with Crippen LogP contribution in [0.4, 0.5) is 4.79 Å². The Bertz CT molecular complexity index is 363. The number of nitrogens with one attached hydrogen (secondary N) is 1. The van der Waals surface area contributed by atoms with Crippen molar-refractivity contribution < 1.29 is 19.4 Å². The molecule has 0 aliphatic heterocycles. The third kappa shape index (κ3) is 9.47. The first-order valence-corrected chi connectivity index (χ1v) is 8.87. The molecule has 5 nitrogen and oxygen atoms in total. The number of hydrogen-bond donors (Lipinski definition) is 2. The van der Waals surface area contributed by atoms with Gasteiger partial charge in [-0.3, -0.25) is 4.79 Å². The van der Waals surface area contributed by atoms with Crippen LogP contribution in [-0.4, -0.2) is 29.3 Å². The molecule has 23 heavy (non-hydrogen) atoms. The Kier molecular flexibility index (Phi) is 9.93. The summed E-state index contributed by atoms with van der Waals surface area (Å²) in [6.07, 6.45) is 6.78. The van der Waals surface area contributed by atoms with Crippen LogP contribution in [0, 0.1) is 5.41 Å². The van der Waals surface area contributed by atoms with Gasteiger partial charge in [0.25, 0.3) is 0 Å². The highest BCUT2D eigenvalue weighted by Crippen LogP contribution is 2.31. The number of hydrogen-bond acceptors (Lipinski definition) is 3. The largest absolute Gasteiger partial charge is 0.481 e. The van der Waals surface area contributed by atoms with Gasteiger partial charge in [0.15, 0.2) is 0 Å². The average molecular weight is 329 g/mol. The van der Waals surface area contributed by atoms with Crippen molar-refractivity contribution in [3.8, 4) is 0 Å². The quantitative estimate of drug-likeness (QED) is 0.537. The highest BCUT2D eigenvalue weighted by molar-refractivity contribution is 5.76. The highest BCUT2D eigenvalue weighted by atomic mass is 16.6. The van der Waals surface area contributed by atoms with E-state index in [2.05, 4.69) is 12.2 Å². The number of unbranched alkanes of at least 4 members (excludes halogenated alkanes) is 4. The Labute approximate surface area is 141 Å². The third-order valence-electron chi connectivity index (χ3n) is 3.91. The van der Waals surface area contributed by atoms with Crippen LogP contribution >= 0.6 is 0 Å². The zero-order chi connectivity index (χ0) is 17.9. The smallest absolute Gasteiger partial charge is 0.407 e. The number of amides is 1. The minimum atomic E-state index is -0.891. The van der Waals surface area contributed by atoms with Crippen LogP contribution in [0.5, 0.6) is 0 Å². The van der Waals surface area contributed by atoms with E-state index in [9.17, 15) is 14.7 Å². The van der Waals surface area contributed by atoms with Crippen molar-refractivity contribution in [2.75, 3.05) is 6.54 Å². The summed E-state index contributed by atoms with van der Waals surface area (Å²) in [5, 5.41) is 12.4. The molecule has 5 heteroatoms. The topological polar surface area (TPSA) is 75.6 Å². The minimum Gasteiger partial charge on any atom is -0.481 e. The van der Waals surface area contributed by atoms with Gasteiger partial charge in [-0.1, -0.05) is 52.4 Å². The summed E-state index contributed by atoms with van der Waals surface area (Å²) in [5.41, 5.74) is -1.47. The van der Waals surface area contributed by atoms with E-state index in [1.807, 2.05) is 6.92 Å². The van der Waals surface area contributed by atoms with Gasteiger partial charge < -0.3 is 15.2 Å². The van der Waals surface area contributed by atoms with Gasteiger partial charge >= 0.3 is 12.1 Å². The van der Waals surface area contributed by atoms with Crippen molar-refractivity contribution in [2.24, 2.45) is 5.41 Å². The van der Waals surface area contributed by atoms with Gasteiger partial charge in [0, 0.05) is 6.54 Å². The second kappa shape index (κ2) is 10.5. The standard InChI is InChI=1S/C18H35NO4/c1-6-8-9-10-11-13-18(12-7-2,15(20)21)14-19-16(22)23-17(3,4)5/h6-14H2,1-5H3,(H,19,22)(H,20,21). The van der Waals surface area contributed by atoms with Gasteiger partial charge in [-0.2, -0.15) is 0 Å². The zero-order valence-electron chi connectivity index (χ0n) is 15.5. The second-order valence-corrected chi connectivity index (χ2v) is 7.36. The molecule has 0 aromatic rings. The van der Waals surface area contributed by atoms with E-state index in [0.29, 0.717) is 12.8 Å². The van der Waals surface area contributed by atoms with Gasteiger partial charge in [-0.25, -0.2) is 4.79 Å². The molecule has 0 spiro atoms. The van der Waals surface area contributed by atoms with Crippen LogP contribution in [0.1, 0.15) is 86.0 Å². The minimum absolute atomic E-state index is 0.124. The van der Waals surface area contributed by atoms with Crippen molar-refractivity contribution in [1.82, 2.24) is 5.32 Å². The Hall–Kier alpha value is -1.26. The van der Waals surface area contributed by atoms with E-state index >= 15 is 0 Å². The maximum Gasteiger partial charge on any atom is 0.407 e. The molecule has 0 aliphatic carbocycles. The predicted octanol–water partition coefficient (Wildman–Crippen LogP) is 4.74. The molecule has 0 heterocycles. The average Bonchev–Trinajstić information content (AvgIpc) is 2.42. The van der Waals surface area contributed by atoms with Crippen LogP contribution in [0.25, 0.3) is 0 Å². The summed E-state index contributed by atoms with van der Waals surface area (Å²) in [4.78, 5) is 23.7. The normalized spacial score (nSPS) is 14.1. The molecular weight excluding hydrogens is 294 g/mol.